The SMILES string of the molecule is CN=C(NCCC1=CCCC1)NC1CCN(Cc2cc(OC)cc(OC)c2)C1.I. The van der Waals surface area contributed by atoms with Crippen LogP contribution in [0.5, 0.6) is 11.5 Å². The highest BCUT2D eigenvalue weighted by atomic mass is 127. The zero-order valence-corrected chi connectivity index (χ0v) is 20.2. The minimum absolute atomic E-state index is 0. The summed E-state index contributed by atoms with van der Waals surface area (Å²) >= 11 is 0. The quantitative estimate of drug-likeness (QED) is 0.241. The van der Waals surface area contributed by atoms with Gasteiger partial charge < -0.3 is 20.1 Å². The predicted octanol–water partition coefficient (Wildman–Crippen LogP) is 3.56. The van der Waals surface area contributed by atoms with E-state index in [4.69, 9.17) is 9.47 Å². The molecule has 1 aromatic rings. The molecule has 1 saturated heterocycles. The van der Waals surface area contributed by atoms with E-state index in [0.29, 0.717) is 6.04 Å². The summed E-state index contributed by atoms with van der Waals surface area (Å²) in [4.78, 5) is 6.85. The third kappa shape index (κ3) is 7.37. The number of rotatable bonds is 8. The number of nitrogens with one attached hydrogen (secondary N) is 2. The van der Waals surface area contributed by atoms with E-state index in [2.05, 4.69) is 38.7 Å². The van der Waals surface area contributed by atoms with E-state index in [1.165, 1.54) is 24.8 Å². The summed E-state index contributed by atoms with van der Waals surface area (Å²) in [7, 11) is 5.23. The second-order valence-electron chi connectivity index (χ2n) is 7.59. The van der Waals surface area contributed by atoms with Gasteiger partial charge in [-0.2, -0.15) is 0 Å². The predicted molar refractivity (Wildman–Crippen MR) is 130 cm³/mol. The molecule has 1 atom stereocenters. The van der Waals surface area contributed by atoms with Gasteiger partial charge in [-0.25, -0.2) is 0 Å². The topological polar surface area (TPSA) is 58.1 Å². The van der Waals surface area contributed by atoms with E-state index >= 15 is 0 Å². The third-order valence-electron chi connectivity index (χ3n) is 5.53. The number of ether oxygens (including phenoxy) is 2. The van der Waals surface area contributed by atoms with Gasteiger partial charge in [0.15, 0.2) is 5.96 Å². The Bertz CT molecular complexity index is 686. The molecule has 7 heteroatoms. The molecular weight excluding hydrogens is 479 g/mol. The Morgan fingerprint density at radius 2 is 1.97 bits per heavy atom. The second-order valence-corrected chi connectivity index (χ2v) is 7.59. The van der Waals surface area contributed by atoms with E-state index in [0.717, 1.165) is 56.5 Å². The standard InChI is InChI=1S/C22H34N4O2.HI/c1-23-22(24-10-8-17-6-4-5-7-17)25-19-9-11-26(16-19)15-18-12-20(27-2)14-21(13-18)28-3;/h6,12-14,19H,4-5,7-11,15-16H2,1-3H3,(H2,23,24,25);1H. The normalized spacial score (nSPS) is 19.5. The molecule has 0 radical (unpaired) electrons. The average molecular weight is 514 g/mol. The lowest BCUT2D eigenvalue weighted by molar-refractivity contribution is 0.321. The van der Waals surface area contributed by atoms with E-state index in [-0.39, 0.29) is 24.0 Å². The van der Waals surface area contributed by atoms with E-state index in [1.807, 2.05) is 13.1 Å². The number of benzene rings is 1. The van der Waals surface area contributed by atoms with Crippen molar-refractivity contribution < 1.29 is 9.47 Å². The van der Waals surface area contributed by atoms with Crippen LogP contribution in [0.3, 0.4) is 0 Å². The van der Waals surface area contributed by atoms with Crippen molar-refractivity contribution in [1.29, 1.82) is 0 Å². The zero-order valence-electron chi connectivity index (χ0n) is 17.9. The van der Waals surface area contributed by atoms with Gasteiger partial charge in [0.2, 0.25) is 0 Å². The molecule has 1 unspecified atom stereocenters. The maximum Gasteiger partial charge on any atom is 0.191 e. The Labute approximate surface area is 192 Å². The van der Waals surface area contributed by atoms with Gasteiger partial charge in [-0.15, -0.1) is 24.0 Å². The number of aliphatic imine (C=N–C) groups is 1. The second kappa shape index (κ2) is 12.3. The highest BCUT2D eigenvalue weighted by molar-refractivity contribution is 14.0. The maximum absolute atomic E-state index is 5.39. The van der Waals surface area contributed by atoms with Crippen molar-refractivity contribution in [3.8, 4) is 11.5 Å². The first kappa shape index (κ1) is 23.8. The minimum atomic E-state index is 0. The van der Waals surface area contributed by atoms with E-state index in [1.54, 1.807) is 19.8 Å². The number of nitrogens with zero attached hydrogens (tertiary/aromatic N) is 2. The van der Waals surface area contributed by atoms with Crippen LogP contribution in [0.15, 0.2) is 34.8 Å². The van der Waals surface area contributed by atoms with E-state index in [9.17, 15) is 0 Å². The smallest absolute Gasteiger partial charge is 0.191 e. The number of allylic oxidation sites excluding steroid dienone is 1. The maximum atomic E-state index is 5.39. The van der Waals surface area contributed by atoms with Crippen LogP contribution < -0.4 is 20.1 Å². The molecule has 29 heavy (non-hydrogen) atoms. The number of guanidine groups is 1. The first-order valence-electron chi connectivity index (χ1n) is 10.3. The highest BCUT2D eigenvalue weighted by Gasteiger charge is 2.23. The number of likely N-dealkylation sites (tertiary alicyclic amines) is 1. The Balaban J connectivity index is 0.00000300. The molecule has 6 nitrogen and oxygen atoms in total. The lowest BCUT2D eigenvalue weighted by Crippen LogP contribution is -2.44. The van der Waals surface area contributed by atoms with Crippen LogP contribution in [0.25, 0.3) is 0 Å². The summed E-state index contributed by atoms with van der Waals surface area (Å²) in [5, 5.41) is 7.04. The molecule has 162 valence electrons. The van der Waals surface area contributed by atoms with Crippen molar-refractivity contribution in [2.75, 3.05) is 40.9 Å². The summed E-state index contributed by atoms with van der Waals surface area (Å²) in [6.45, 7) is 3.92. The molecule has 0 spiro atoms. The van der Waals surface area contributed by atoms with Crippen molar-refractivity contribution in [3.05, 3.63) is 35.4 Å². The molecule has 2 N–H and O–H groups in total. The van der Waals surface area contributed by atoms with Crippen molar-refractivity contribution >= 4 is 29.9 Å². The molecular formula is C22H35IN4O2. The number of hydrogen-bond donors (Lipinski definition) is 2. The monoisotopic (exact) mass is 514 g/mol. The Hall–Kier alpha value is -1.48. The summed E-state index contributed by atoms with van der Waals surface area (Å²) in [6, 6.07) is 6.50. The molecule has 3 rings (SSSR count). The lowest BCUT2D eigenvalue weighted by atomic mass is 10.2. The van der Waals surface area contributed by atoms with Crippen LogP contribution in [0, 0.1) is 0 Å². The molecule has 1 aliphatic heterocycles. The molecule has 1 aromatic carbocycles. The van der Waals surface area contributed by atoms with Gasteiger partial charge in [-0.3, -0.25) is 9.89 Å². The molecule has 1 fully saturated rings. The van der Waals surface area contributed by atoms with Gasteiger partial charge in [0.05, 0.1) is 14.2 Å². The van der Waals surface area contributed by atoms with Gasteiger partial charge in [0.1, 0.15) is 11.5 Å². The number of methoxy groups -OCH3 is 2. The van der Waals surface area contributed by atoms with Crippen LogP contribution >= 0.6 is 24.0 Å². The summed E-state index contributed by atoms with van der Waals surface area (Å²) in [5.74, 6) is 2.59. The first-order valence-corrected chi connectivity index (χ1v) is 10.3. The van der Waals surface area contributed by atoms with Gasteiger partial charge >= 0.3 is 0 Å². The van der Waals surface area contributed by atoms with Crippen molar-refractivity contribution in [2.24, 2.45) is 4.99 Å². The first-order chi connectivity index (χ1) is 13.7. The summed E-state index contributed by atoms with van der Waals surface area (Å²) < 4.78 is 10.8. The van der Waals surface area contributed by atoms with Crippen molar-refractivity contribution in [2.45, 2.75) is 44.7 Å². The van der Waals surface area contributed by atoms with Gasteiger partial charge in [-0.05, 0) is 49.8 Å². The fourth-order valence-corrected chi connectivity index (χ4v) is 4.00. The van der Waals surface area contributed by atoms with Crippen LogP contribution in [-0.2, 0) is 6.54 Å². The third-order valence-corrected chi connectivity index (χ3v) is 5.53. The zero-order chi connectivity index (χ0) is 19.8. The Morgan fingerprint density at radius 3 is 2.59 bits per heavy atom. The molecule has 0 aromatic heterocycles. The number of halogens is 1. The molecule has 0 saturated carbocycles. The molecule has 0 bridgehead atoms. The van der Waals surface area contributed by atoms with Crippen LogP contribution in [0.1, 0.15) is 37.7 Å². The fourth-order valence-electron chi connectivity index (χ4n) is 4.00. The van der Waals surface area contributed by atoms with Gasteiger partial charge in [0, 0.05) is 45.3 Å². The molecule has 2 aliphatic rings. The molecule has 1 aliphatic carbocycles. The van der Waals surface area contributed by atoms with Gasteiger partial charge in [-0.1, -0.05) is 11.6 Å². The number of hydrogen-bond acceptors (Lipinski definition) is 4. The average Bonchev–Trinajstić information content (AvgIpc) is 3.39. The fraction of sp³-hybridized carbons (Fsp3) is 0.591. The Kier molecular flexibility index (Phi) is 10.1. The molecule has 1 heterocycles. The Morgan fingerprint density at radius 1 is 1.21 bits per heavy atom. The van der Waals surface area contributed by atoms with Crippen molar-refractivity contribution in [3.63, 3.8) is 0 Å². The lowest BCUT2D eigenvalue weighted by Gasteiger charge is -2.19. The molecule has 0 amide bonds. The van der Waals surface area contributed by atoms with Crippen molar-refractivity contribution in [1.82, 2.24) is 15.5 Å². The summed E-state index contributed by atoms with van der Waals surface area (Å²) in [5.41, 5.74) is 2.80. The van der Waals surface area contributed by atoms with Crippen LogP contribution in [-0.4, -0.2) is 57.8 Å². The van der Waals surface area contributed by atoms with Crippen LogP contribution in [0.4, 0.5) is 0 Å². The van der Waals surface area contributed by atoms with E-state index < -0.39 is 0 Å². The highest BCUT2D eigenvalue weighted by Crippen LogP contribution is 2.24. The van der Waals surface area contributed by atoms with Gasteiger partial charge in [0.25, 0.3) is 0 Å². The summed E-state index contributed by atoms with van der Waals surface area (Å²) in [6.07, 6.45) is 8.46. The van der Waals surface area contributed by atoms with Crippen LogP contribution in [0.2, 0.25) is 0 Å². The minimum Gasteiger partial charge on any atom is -0.497 e. The largest absolute Gasteiger partial charge is 0.497 e.